The van der Waals surface area contributed by atoms with Gasteiger partial charge in [-0.25, -0.2) is 0 Å². The van der Waals surface area contributed by atoms with Gasteiger partial charge in [0.15, 0.2) is 5.82 Å². The van der Waals surface area contributed by atoms with Crippen molar-refractivity contribution in [2.45, 2.75) is 25.5 Å². The van der Waals surface area contributed by atoms with E-state index in [4.69, 9.17) is 16.3 Å². The molecule has 2 aromatic rings. The summed E-state index contributed by atoms with van der Waals surface area (Å²) >= 11 is 5.99. The lowest BCUT2D eigenvalue weighted by Crippen LogP contribution is -2.59. The van der Waals surface area contributed by atoms with E-state index in [-0.39, 0.29) is 11.9 Å². The molecule has 0 amide bonds. The normalized spacial score (nSPS) is 23.7. The number of likely N-dealkylation sites (tertiary alicyclic amines) is 1. The van der Waals surface area contributed by atoms with Crippen LogP contribution in [0.3, 0.4) is 0 Å². The van der Waals surface area contributed by atoms with Crippen molar-refractivity contribution in [2.24, 2.45) is 0 Å². The molecule has 2 aliphatic rings. The third-order valence-corrected chi connectivity index (χ3v) is 5.49. The van der Waals surface area contributed by atoms with Gasteiger partial charge in [-0.2, -0.15) is 0 Å². The van der Waals surface area contributed by atoms with Gasteiger partial charge < -0.3 is 19.6 Å². The highest BCUT2D eigenvalue weighted by Crippen LogP contribution is 2.34. The molecule has 26 heavy (non-hydrogen) atoms. The van der Waals surface area contributed by atoms with Crippen molar-refractivity contribution in [3.05, 3.63) is 34.9 Å². The van der Waals surface area contributed by atoms with Gasteiger partial charge in [0.2, 0.25) is 0 Å². The molecule has 0 radical (unpaired) electrons. The second-order valence-electron chi connectivity index (χ2n) is 7.11. The van der Waals surface area contributed by atoms with Crippen molar-refractivity contribution < 1.29 is 9.84 Å². The largest absolute Gasteiger partial charge is 0.507 e. The molecule has 1 aromatic carbocycles. The predicted octanol–water partition coefficient (Wildman–Crippen LogP) is 2.72. The maximum atomic E-state index is 10.2. The number of hydrogen-bond donors (Lipinski definition) is 1. The lowest BCUT2D eigenvalue weighted by Gasteiger charge is -2.46. The molecular formula is C19H23ClN4O2. The lowest BCUT2D eigenvalue weighted by molar-refractivity contribution is -0.0246. The number of aromatic nitrogens is 2. The number of aryl methyl sites for hydroxylation is 1. The number of aromatic hydroxyl groups is 1. The summed E-state index contributed by atoms with van der Waals surface area (Å²) in [5, 5.41) is 19.6. The minimum absolute atomic E-state index is 0.123. The number of phenols is 1. The van der Waals surface area contributed by atoms with E-state index in [0.717, 1.165) is 37.4 Å². The van der Waals surface area contributed by atoms with Gasteiger partial charge in [-0.1, -0.05) is 11.6 Å². The highest BCUT2D eigenvalue weighted by molar-refractivity contribution is 6.31. The van der Waals surface area contributed by atoms with Crippen molar-refractivity contribution in [1.82, 2.24) is 15.1 Å². The van der Waals surface area contributed by atoms with Gasteiger partial charge in [0.25, 0.3) is 0 Å². The molecule has 0 bridgehead atoms. The van der Waals surface area contributed by atoms with E-state index < -0.39 is 0 Å². The fraction of sp³-hybridized carbons (Fsp3) is 0.474. The molecule has 2 fully saturated rings. The fourth-order valence-corrected chi connectivity index (χ4v) is 4.25. The second-order valence-corrected chi connectivity index (χ2v) is 7.55. The van der Waals surface area contributed by atoms with Crippen molar-refractivity contribution in [3.8, 4) is 17.0 Å². The van der Waals surface area contributed by atoms with Crippen LogP contribution in [-0.2, 0) is 4.74 Å². The van der Waals surface area contributed by atoms with Gasteiger partial charge in [-0.15, -0.1) is 10.2 Å². The van der Waals surface area contributed by atoms with Crippen LogP contribution in [-0.4, -0.2) is 65.6 Å². The Kier molecular flexibility index (Phi) is 4.73. The summed E-state index contributed by atoms with van der Waals surface area (Å²) in [6.07, 6.45) is 1.30. The molecule has 7 heteroatoms. The SMILES string of the molecule is Cc1cc(Cl)cc(O)c1-c1ccc(N2CCO[C@H]3CCN(C)C[C@H]32)nn1. The van der Waals surface area contributed by atoms with Gasteiger partial charge in [-0.05, 0) is 50.2 Å². The van der Waals surface area contributed by atoms with E-state index in [1.165, 1.54) is 6.07 Å². The number of benzene rings is 1. The molecule has 2 aliphatic heterocycles. The average Bonchev–Trinajstić information content (AvgIpc) is 2.61. The van der Waals surface area contributed by atoms with E-state index >= 15 is 0 Å². The Labute approximate surface area is 158 Å². The minimum Gasteiger partial charge on any atom is -0.507 e. The van der Waals surface area contributed by atoms with Crippen molar-refractivity contribution in [3.63, 3.8) is 0 Å². The molecule has 1 aromatic heterocycles. The van der Waals surface area contributed by atoms with Crippen LogP contribution in [0.5, 0.6) is 5.75 Å². The molecule has 4 rings (SSSR count). The molecule has 2 atom stereocenters. The van der Waals surface area contributed by atoms with Gasteiger partial charge in [0.1, 0.15) is 5.75 Å². The Balaban J connectivity index is 1.62. The van der Waals surface area contributed by atoms with Gasteiger partial charge in [0, 0.05) is 30.2 Å². The molecular weight excluding hydrogens is 352 g/mol. The Bertz CT molecular complexity index is 776. The number of piperidine rings is 1. The molecule has 1 N–H and O–H groups in total. The van der Waals surface area contributed by atoms with Gasteiger partial charge in [0.05, 0.1) is 24.4 Å². The first-order valence-electron chi connectivity index (χ1n) is 8.93. The molecule has 2 saturated heterocycles. The molecule has 0 aliphatic carbocycles. The number of likely N-dealkylation sites (N-methyl/N-ethyl adjacent to an activating group) is 1. The summed E-state index contributed by atoms with van der Waals surface area (Å²) < 4.78 is 5.96. The quantitative estimate of drug-likeness (QED) is 0.872. The molecule has 6 nitrogen and oxygen atoms in total. The molecule has 3 heterocycles. The summed E-state index contributed by atoms with van der Waals surface area (Å²) in [7, 11) is 2.14. The van der Waals surface area contributed by atoms with Crippen LogP contribution in [0, 0.1) is 6.92 Å². The summed E-state index contributed by atoms with van der Waals surface area (Å²) in [5.41, 5.74) is 2.19. The number of halogens is 1. The first kappa shape index (κ1) is 17.5. The van der Waals surface area contributed by atoms with Crippen LogP contribution in [0.4, 0.5) is 5.82 Å². The topological polar surface area (TPSA) is 61.7 Å². The Morgan fingerprint density at radius 2 is 2.08 bits per heavy atom. The zero-order chi connectivity index (χ0) is 18.3. The van der Waals surface area contributed by atoms with Gasteiger partial charge in [-0.3, -0.25) is 0 Å². The summed E-state index contributed by atoms with van der Waals surface area (Å²) in [6, 6.07) is 7.54. The number of hydrogen-bond acceptors (Lipinski definition) is 6. The zero-order valence-corrected chi connectivity index (χ0v) is 15.8. The van der Waals surface area contributed by atoms with Crippen molar-refractivity contribution in [2.75, 3.05) is 38.2 Å². The van der Waals surface area contributed by atoms with Gasteiger partial charge >= 0.3 is 0 Å². The molecule has 0 spiro atoms. The number of anilines is 1. The third-order valence-electron chi connectivity index (χ3n) is 5.27. The van der Waals surface area contributed by atoms with Crippen LogP contribution in [0.2, 0.25) is 5.02 Å². The average molecular weight is 375 g/mol. The van der Waals surface area contributed by atoms with Crippen molar-refractivity contribution in [1.29, 1.82) is 0 Å². The monoisotopic (exact) mass is 374 g/mol. The van der Waals surface area contributed by atoms with E-state index in [9.17, 15) is 5.11 Å². The maximum Gasteiger partial charge on any atom is 0.151 e. The van der Waals surface area contributed by atoms with E-state index in [0.29, 0.717) is 28.9 Å². The van der Waals surface area contributed by atoms with E-state index in [1.807, 2.05) is 25.1 Å². The number of nitrogens with zero attached hydrogens (tertiary/aromatic N) is 4. The predicted molar refractivity (Wildman–Crippen MR) is 102 cm³/mol. The van der Waals surface area contributed by atoms with Crippen LogP contribution in [0.25, 0.3) is 11.3 Å². The number of fused-ring (bicyclic) bond motifs is 1. The lowest BCUT2D eigenvalue weighted by atomic mass is 9.99. The molecule has 0 unspecified atom stereocenters. The second kappa shape index (κ2) is 7.02. The van der Waals surface area contributed by atoms with Crippen LogP contribution in [0.1, 0.15) is 12.0 Å². The smallest absolute Gasteiger partial charge is 0.151 e. The summed E-state index contributed by atoms with van der Waals surface area (Å²) in [6.45, 7) is 5.46. The van der Waals surface area contributed by atoms with Crippen molar-refractivity contribution >= 4 is 17.4 Å². The molecule has 138 valence electrons. The third kappa shape index (κ3) is 3.24. The first-order chi connectivity index (χ1) is 12.5. The summed E-state index contributed by atoms with van der Waals surface area (Å²) in [4.78, 5) is 4.63. The fourth-order valence-electron chi connectivity index (χ4n) is 3.98. The van der Waals surface area contributed by atoms with Crippen LogP contribution >= 0.6 is 11.6 Å². The zero-order valence-electron chi connectivity index (χ0n) is 15.0. The van der Waals surface area contributed by atoms with E-state index in [1.54, 1.807) is 0 Å². The van der Waals surface area contributed by atoms with Crippen LogP contribution in [0.15, 0.2) is 24.3 Å². The Morgan fingerprint density at radius 1 is 1.23 bits per heavy atom. The highest BCUT2D eigenvalue weighted by Gasteiger charge is 2.36. The van der Waals surface area contributed by atoms with E-state index in [2.05, 4.69) is 27.0 Å². The molecule has 0 saturated carbocycles. The highest BCUT2D eigenvalue weighted by atomic mass is 35.5. The first-order valence-corrected chi connectivity index (χ1v) is 9.31. The number of rotatable bonds is 2. The standard InChI is InChI=1S/C19H23ClN4O2/c1-12-9-13(20)10-16(25)19(12)14-3-4-18(22-21-14)24-7-8-26-17-5-6-23(2)11-15(17)24/h3-4,9-10,15,17,25H,5-8,11H2,1-2H3/t15-,17+/m1/s1. The Morgan fingerprint density at radius 3 is 2.81 bits per heavy atom. The number of phenolic OH excluding ortho intramolecular Hbond substituents is 1. The number of morpholine rings is 1. The van der Waals surface area contributed by atoms with Crippen LogP contribution < -0.4 is 4.90 Å². The maximum absolute atomic E-state index is 10.2. The number of ether oxygens (including phenoxy) is 1. The Hall–Kier alpha value is -1.89. The minimum atomic E-state index is 0.123. The summed E-state index contributed by atoms with van der Waals surface area (Å²) in [5.74, 6) is 0.978.